The van der Waals surface area contributed by atoms with Crippen molar-refractivity contribution in [2.75, 3.05) is 0 Å². The second-order valence-corrected chi connectivity index (χ2v) is 9.62. The summed E-state index contributed by atoms with van der Waals surface area (Å²) in [5.74, 6) is 1.08. The molecule has 0 spiro atoms. The Bertz CT molecular complexity index is 543. The molecule has 96 valence electrons. The van der Waals surface area contributed by atoms with Crippen LogP contribution in [0.3, 0.4) is 0 Å². The average Bonchev–Trinajstić information content (AvgIpc) is 2.65. The summed E-state index contributed by atoms with van der Waals surface area (Å²) in [7, 11) is -1.65. The van der Waals surface area contributed by atoms with Gasteiger partial charge in [-0.05, 0) is 11.7 Å². The van der Waals surface area contributed by atoms with Gasteiger partial charge in [0.2, 0.25) is 5.69 Å². The molecule has 2 aromatic rings. The molecule has 0 amide bonds. The minimum atomic E-state index is -1.65. The lowest BCUT2D eigenvalue weighted by atomic mass is 10.4. The van der Waals surface area contributed by atoms with Gasteiger partial charge in [0.25, 0.3) is 0 Å². The van der Waals surface area contributed by atoms with E-state index in [0.29, 0.717) is 0 Å². The van der Waals surface area contributed by atoms with Gasteiger partial charge in [0.05, 0.1) is 5.19 Å². The van der Waals surface area contributed by atoms with Crippen molar-refractivity contribution in [3.8, 4) is 0 Å². The molecule has 0 aliphatic carbocycles. The third kappa shape index (κ3) is 2.03. The summed E-state index contributed by atoms with van der Waals surface area (Å²) in [5, 5.41) is 2.90. The first kappa shape index (κ1) is 13.1. The summed E-state index contributed by atoms with van der Waals surface area (Å²) in [6.07, 6.45) is 0. The zero-order valence-corrected chi connectivity index (χ0v) is 12.9. The molecule has 0 atom stereocenters. The van der Waals surface area contributed by atoms with Gasteiger partial charge >= 0.3 is 0 Å². The Balaban J connectivity index is 2.58. The Morgan fingerprint density at radius 3 is 2.22 bits per heavy atom. The van der Waals surface area contributed by atoms with Crippen LogP contribution in [-0.4, -0.2) is 8.07 Å². The summed E-state index contributed by atoms with van der Waals surface area (Å²) in [6, 6.07) is 10.8. The average molecular weight is 260 g/mol. The predicted molar refractivity (Wildman–Crippen MR) is 77.2 cm³/mol. The van der Waals surface area contributed by atoms with E-state index in [2.05, 4.69) is 64.2 Å². The number of aromatic nitrogens is 1. The SMILES string of the molecule is CC[n+]1oc(C)c([Si](C)(C)c2ccccc2)c1C. The van der Waals surface area contributed by atoms with Crippen molar-refractivity contribution in [2.45, 2.75) is 40.4 Å². The lowest BCUT2D eigenvalue weighted by Crippen LogP contribution is -2.55. The quantitative estimate of drug-likeness (QED) is 0.609. The highest BCUT2D eigenvalue weighted by Crippen LogP contribution is 2.10. The van der Waals surface area contributed by atoms with Crippen LogP contribution >= 0.6 is 0 Å². The molecule has 0 aliphatic rings. The first-order valence-electron chi connectivity index (χ1n) is 6.54. The molecule has 0 N–H and O–H groups in total. The maximum absolute atomic E-state index is 5.85. The van der Waals surface area contributed by atoms with Crippen LogP contribution in [0.5, 0.6) is 0 Å². The molecule has 0 radical (unpaired) electrons. The van der Waals surface area contributed by atoms with Gasteiger partial charge in [-0.3, -0.25) is 0 Å². The van der Waals surface area contributed by atoms with Gasteiger partial charge in [0.15, 0.2) is 12.3 Å². The molecule has 0 unspecified atom stereocenters. The Morgan fingerprint density at radius 1 is 1.11 bits per heavy atom. The molecular weight excluding hydrogens is 238 g/mol. The molecule has 0 saturated carbocycles. The second kappa shape index (κ2) is 4.73. The number of nitrogens with zero attached hydrogens (tertiary/aromatic N) is 1. The molecule has 0 saturated heterocycles. The maximum atomic E-state index is 5.85. The monoisotopic (exact) mass is 260 g/mol. The molecule has 0 fully saturated rings. The van der Waals surface area contributed by atoms with Crippen molar-refractivity contribution in [3.05, 3.63) is 41.8 Å². The molecule has 1 aromatic heterocycles. The zero-order chi connectivity index (χ0) is 13.3. The lowest BCUT2D eigenvalue weighted by molar-refractivity contribution is -0.866. The molecular formula is C15H22NOSi+. The molecule has 0 aliphatic heterocycles. The standard InChI is InChI=1S/C15H22NOSi/c1-6-16-12(2)15(13(3)17-16)18(4,5)14-10-8-7-9-11-14/h7-11H,6H2,1-5H3/q+1. The number of aryl methyl sites for hydroxylation is 2. The van der Waals surface area contributed by atoms with Crippen LogP contribution in [0.4, 0.5) is 0 Å². The van der Waals surface area contributed by atoms with Crippen molar-refractivity contribution in [2.24, 2.45) is 0 Å². The summed E-state index contributed by atoms with van der Waals surface area (Å²) in [5.41, 5.74) is 1.29. The molecule has 2 rings (SSSR count). The van der Waals surface area contributed by atoms with Crippen LogP contribution < -0.4 is 15.1 Å². The van der Waals surface area contributed by atoms with Crippen LogP contribution in [-0.2, 0) is 6.54 Å². The van der Waals surface area contributed by atoms with Crippen LogP contribution in [0.25, 0.3) is 0 Å². The first-order chi connectivity index (χ1) is 8.48. The third-order valence-electron chi connectivity index (χ3n) is 3.74. The Morgan fingerprint density at radius 2 is 1.72 bits per heavy atom. The van der Waals surface area contributed by atoms with E-state index in [0.717, 1.165) is 12.3 Å². The Labute approximate surface area is 110 Å². The normalized spacial score (nSPS) is 11.8. The fourth-order valence-corrected chi connectivity index (χ4v) is 6.12. The molecule has 1 heterocycles. The van der Waals surface area contributed by atoms with Gasteiger partial charge in [-0.2, -0.15) is 0 Å². The Kier molecular flexibility index (Phi) is 3.44. The van der Waals surface area contributed by atoms with Crippen LogP contribution in [0.1, 0.15) is 18.4 Å². The van der Waals surface area contributed by atoms with Gasteiger partial charge in [0, 0.05) is 13.8 Å². The van der Waals surface area contributed by atoms with Gasteiger partial charge in [-0.1, -0.05) is 48.6 Å². The molecule has 2 nitrogen and oxygen atoms in total. The van der Waals surface area contributed by atoms with E-state index in [9.17, 15) is 0 Å². The minimum absolute atomic E-state index is 0.895. The first-order valence-corrected chi connectivity index (χ1v) is 9.54. The van der Waals surface area contributed by atoms with Crippen molar-refractivity contribution in [3.63, 3.8) is 0 Å². The summed E-state index contributed by atoms with van der Waals surface area (Å²) in [4.78, 5) is 0. The van der Waals surface area contributed by atoms with E-state index >= 15 is 0 Å². The van der Waals surface area contributed by atoms with E-state index in [1.165, 1.54) is 16.1 Å². The number of hydrogen-bond acceptors (Lipinski definition) is 1. The smallest absolute Gasteiger partial charge is 0.228 e. The minimum Gasteiger partial charge on any atom is -0.242 e. The highest BCUT2D eigenvalue weighted by molar-refractivity contribution is 7.00. The molecule has 3 heteroatoms. The van der Waals surface area contributed by atoms with Gasteiger partial charge in [-0.25, -0.2) is 4.52 Å². The van der Waals surface area contributed by atoms with E-state index in [-0.39, 0.29) is 0 Å². The van der Waals surface area contributed by atoms with E-state index in [1.807, 2.05) is 4.74 Å². The summed E-state index contributed by atoms with van der Waals surface area (Å²) in [6.45, 7) is 12.1. The largest absolute Gasteiger partial charge is 0.242 e. The lowest BCUT2D eigenvalue weighted by Gasteiger charge is -2.21. The summed E-state index contributed by atoms with van der Waals surface area (Å²) < 4.78 is 7.86. The van der Waals surface area contributed by atoms with Gasteiger partial charge < -0.3 is 0 Å². The molecule has 1 aromatic carbocycles. The van der Waals surface area contributed by atoms with E-state index < -0.39 is 8.07 Å². The van der Waals surface area contributed by atoms with Crippen LogP contribution in [0.2, 0.25) is 13.1 Å². The number of rotatable bonds is 3. The molecule has 18 heavy (non-hydrogen) atoms. The fourth-order valence-electron chi connectivity index (χ4n) is 2.85. The Hall–Kier alpha value is -1.35. The third-order valence-corrected chi connectivity index (χ3v) is 7.48. The van der Waals surface area contributed by atoms with E-state index in [4.69, 9.17) is 4.52 Å². The van der Waals surface area contributed by atoms with Crippen LogP contribution in [0.15, 0.2) is 34.9 Å². The van der Waals surface area contributed by atoms with Crippen molar-refractivity contribution in [1.29, 1.82) is 0 Å². The summed E-state index contributed by atoms with van der Waals surface area (Å²) >= 11 is 0. The van der Waals surface area contributed by atoms with Crippen molar-refractivity contribution < 1.29 is 9.26 Å². The highest BCUT2D eigenvalue weighted by atomic mass is 28.3. The van der Waals surface area contributed by atoms with Crippen LogP contribution in [0, 0.1) is 13.8 Å². The van der Waals surface area contributed by atoms with Gasteiger partial charge in [0.1, 0.15) is 8.07 Å². The highest BCUT2D eigenvalue weighted by Gasteiger charge is 2.36. The number of hydrogen-bond donors (Lipinski definition) is 0. The maximum Gasteiger partial charge on any atom is 0.228 e. The van der Waals surface area contributed by atoms with Crippen molar-refractivity contribution >= 4 is 18.4 Å². The topological polar surface area (TPSA) is 17.0 Å². The number of benzene rings is 1. The fraction of sp³-hybridized carbons (Fsp3) is 0.400. The zero-order valence-electron chi connectivity index (χ0n) is 11.9. The predicted octanol–water partition coefficient (Wildman–Crippen LogP) is 2.03. The molecule has 0 bridgehead atoms. The van der Waals surface area contributed by atoms with E-state index in [1.54, 1.807) is 0 Å². The van der Waals surface area contributed by atoms with Crippen molar-refractivity contribution in [1.82, 2.24) is 0 Å². The van der Waals surface area contributed by atoms with Gasteiger partial charge in [-0.15, -0.1) is 0 Å². The second-order valence-electron chi connectivity index (χ2n) is 5.29.